The van der Waals surface area contributed by atoms with E-state index in [2.05, 4.69) is 115 Å². The Morgan fingerprint density at radius 2 is 1.22 bits per heavy atom. The third-order valence-electron chi connectivity index (χ3n) is 4.98. The summed E-state index contributed by atoms with van der Waals surface area (Å²) in [6.45, 7) is 6.32. The second-order valence-corrected chi connectivity index (χ2v) is 6.87. The van der Waals surface area contributed by atoms with Crippen molar-refractivity contribution in [3.05, 3.63) is 121 Å². The molecule has 0 aliphatic heterocycles. The van der Waals surface area contributed by atoms with Gasteiger partial charge in [-0.25, -0.2) is 0 Å². The summed E-state index contributed by atoms with van der Waals surface area (Å²) in [5.74, 6) is 0.333. The normalized spacial score (nSPS) is 16.1. The summed E-state index contributed by atoms with van der Waals surface area (Å²) >= 11 is 0. The Morgan fingerprint density at radius 3 is 1.85 bits per heavy atom. The zero-order chi connectivity index (χ0) is 18.6. The van der Waals surface area contributed by atoms with Gasteiger partial charge in [-0.2, -0.15) is 0 Å². The van der Waals surface area contributed by atoms with Crippen LogP contribution in [0.15, 0.2) is 121 Å². The lowest BCUT2D eigenvalue weighted by Crippen LogP contribution is -2.18. The largest absolute Gasteiger partial charge is 0.311 e. The summed E-state index contributed by atoms with van der Waals surface area (Å²) in [5, 5.41) is 0. The number of allylic oxidation sites excluding steroid dienone is 4. The molecule has 0 saturated heterocycles. The Balaban J connectivity index is 1.75. The molecule has 1 unspecified atom stereocenters. The molecular weight excluding hydrogens is 326 g/mol. The number of para-hydroxylation sites is 1. The van der Waals surface area contributed by atoms with Crippen molar-refractivity contribution < 1.29 is 0 Å². The first-order chi connectivity index (χ1) is 13.2. The van der Waals surface area contributed by atoms with Crippen LogP contribution in [0, 0.1) is 5.92 Å². The second kappa shape index (κ2) is 7.51. The van der Waals surface area contributed by atoms with Crippen LogP contribution in [0.3, 0.4) is 0 Å². The maximum atomic E-state index is 4.13. The average molecular weight is 349 g/mol. The maximum Gasteiger partial charge on any atom is 0.0461 e. The van der Waals surface area contributed by atoms with Crippen LogP contribution in [-0.4, -0.2) is 0 Å². The maximum absolute atomic E-state index is 4.13. The van der Waals surface area contributed by atoms with Crippen LogP contribution in [0.1, 0.15) is 6.92 Å². The van der Waals surface area contributed by atoms with Gasteiger partial charge in [0.15, 0.2) is 0 Å². The standard InChI is InChI=1S/C26H23N/c1-20-13-16-26(19-21(20)2)27(24-11-7-4-8-12-24)25-17-14-23(15-18-25)22-9-5-3-6-10-22/h3-19,21H,1H2,2H3. The van der Waals surface area contributed by atoms with Gasteiger partial charge < -0.3 is 4.90 Å². The highest BCUT2D eigenvalue weighted by Gasteiger charge is 2.17. The third-order valence-corrected chi connectivity index (χ3v) is 4.98. The molecule has 0 aromatic heterocycles. The number of hydrogen-bond donors (Lipinski definition) is 0. The van der Waals surface area contributed by atoms with Crippen LogP contribution < -0.4 is 4.90 Å². The molecular formula is C26H23N. The van der Waals surface area contributed by atoms with E-state index in [1.165, 1.54) is 16.8 Å². The smallest absolute Gasteiger partial charge is 0.0461 e. The highest BCUT2D eigenvalue weighted by molar-refractivity contribution is 5.74. The SMILES string of the molecule is C=C1C=CC(N(c2ccccc2)c2ccc(-c3ccccc3)cc2)=CC1C. The van der Waals surface area contributed by atoms with Crippen molar-refractivity contribution in [2.75, 3.05) is 4.90 Å². The molecule has 0 N–H and O–H groups in total. The van der Waals surface area contributed by atoms with Crippen LogP contribution in [0.5, 0.6) is 0 Å². The molecule has 132 valence electrons. The quantitative estimate of drug-likeness (QED) is 0.484. The molecule has 1 atom stereocenters. The van der Waals surface area contributed by atoms with Gasteiger partial charge in [-0.05, 0) is 47.0 Å². The lowest BCUT2D eigenvalue weighted by Gasteiger charge is -2.29. The molecule has 0 radical (unpaired) electrons. The van der Waals surface area contributed by atoms with E-state index in [0.29, 0.717) is 5.92 Å². The zero-order valence-corrected chi connectivity index (χ0v) is 15.5. The topological polar surface area (TPSA) is 3.24 Å². The van der Waals surface area contributed by atoms with Crippen molar-refractivity contribution in [1.82, 2.24) is 0 Å². The van der Waals surface area contributed by atoms with E-state index in [-0.39, 0.29) is 0 Å². The lowest BCUT2D eigenvalue weighted by atomic mass is 9.95. The minimum Gasteiger partial charge on any atom is -0.311 e. The molecule has 3 aromatic rings. The molecule has 0 heterocycles. The average Bonchev–Trinajstić information content (AvgIpc) is 2.73. The van der Waals surface area contributed by atoms with E-state index in [9.17, 15) is 0 Å². The van der Waals surface area contributed by atoms with Gasteiger partial charge in [0.1, 0.15) is 0 Å². The van der Waals surface area contributed by atoms with Gasteiger partial charge in [0.25, 0.3) is 0 Å². The third kappa shape index (κ3) is 3.63. The van der Waals surface area contributed by atoms with Crippen molar-refractivity contribution in [2.45, 2.75) is 6.92 Å². The summed E-state index contributed by atoms with van der Waals surface area (Å²) in [6.07, 6.45) is 6.55. The van der Waals surface area contributed by atoms with Crippen molar-refractivity contribution in [3.8, 4) is 11.1 Å². The van der Waals surface area contributed by atoms with Crippen molar-refractivity contribution >= 4 is 11.4 Å². The molecule has 1 nitrogen and oxygen atoms in total. The summed E-state index contributed by atoms with van der Waals surface area (Å²) in [4.78, 5) is 2.30. The number of benzene rings is 3. The number of anilines is 2. The summed E-state index contributed by atoms with van der Waals surface area (Å²) in [5.41, 5.74) is 7.08. The molecule has 4 rings (SSSR count). The van der Waals surface area contributed by atoms with Crippen molar-refractivity contribution in [1.29, 1.82) is 0 Å². The molecule has 27 heavy (non-hydrogen) atoms. The van der Waals surface area contributed by atoms with E-state index in [1.54, 1.807) is 0 Å². The van der Waals surface area contributed by atoms with Crippen molar-refractivity contribution in [2.24, 2.45) is 5.92 Å². The van der Waals surface area contributed by atoms with Gasteiger partial charge in [0.2, 0.25) is 0 Å². The number of nitrogens with zero attached hydrogens (tertiary/aromatic N) is 1. The molecule has 1 heteroatoms. The minimum absolute atomic E-state index is 0.333. The molecule has 0 fully saturated rings. The Hall–Kier alpha value is -3.32. The lowest BCUT2D eigenvalue weighted by molar-refractivity contribution is 0.870. The fourth-order valence-electron chi connectivity index (χ4n) is 3.37. The van der Waals surface area contributed by atoms with Crippen LogP contribution in [0.2, 0.25) is 0 Å². The molecule has 1 aliphatic rings. The van der Waals surface area contributed by atoms with Crippen LogP contribution >= 0.6 is 0 Å². The van der Waals surface area contributed by atoms with E-state index in [0.717, 1.165) is 16.9 Å². The van der Waals surface area contributed by atoms with E-state index < -0.39 is 0 Å². The predicted octanol–water partition coefficient (Wildman–Crippen LogP) is 7.14. The molecule has 1 aliphatic carbocycles. The predicted molar refractivity (Wildman–Crippen MR) is 116 cm³/mol. The first kappa shape index (κ1) is 17.1. The van der Waals surface area contributed by atoms with Gasteiger partial charge in [-0.3, -0.25) is 0 Å². The Labute approximate surface area is 161 Å². The Bertz CT molecular complexity index is 979. The Morgan fingerprint density at radius 1 is 0.667 bits per heavy atom. The molecule has 3 aromatic carbocycles. The van der Waals surface area contributed by atoms with Crippen LogP contribution in [0.25, 0.3) is 11.1 Å². The molecule has 0 amide bonds. The molecule has 0 bridgehead atoms. The fourth-order valence-corrected chi connectivity index (χ4v) is 3.37. The highest BCUT2D eigenvalue weighted by Crippen LogP contribution is 2.34. The van der Waals surface area contributed by atoms with Crippen LogP contribution in [0.4, 0.5) is 11.4 Å². The summed E-state index contributed by atoms with van der Waals surface area (Å²) < 4.78 is 0. The van der Waals surface area contributed by atoms with Gasteiger partial charge >= 0.3 is 0 Å². The van der Waals surface area contributed by atoms with Gasteiger partial charge in [-0.15, -0.1) is 0 Å². The fraction of sp³-hybridized carbons (Fsp3) is 0.0769. The number of hydrogen-bond acceptors (Lipinski definition) is 1. The van der Waals surface area contributed by atoms with Gasteiger partial charge in [-0.1, -0.05) is 86.3 Å². The summed E-state index contributed by atoms with van der Waals surface area (Å²) in [7, 11) is 0. The first-order valence-corrected chi connectivity index (χ1v) is 9.32. The first-order valence-electron chi connectivity index (χ1n) is 9.32. The molecule has 0 spiro atoms. The van der Waals surface area contributed by atoms with Gasteiger partial charge in [0, 0.05) is 23.0 Å². The number of rotatable bonds is 4. The van der Waals surface area contributed by atoms with Crippen molar-refractivity contribution in [3.63, 3.8) is 0 Å². The highest BCUT2D eigenvalue weighted by atomic mass is 15.1. The van der Waals surface area contributed by atoms with E-state index in [1.807, 2.05) is 6.07 Å². The monoisotopic (exact) mass is 349 g/mol. The summed E-state index contributed by atoms with van der Waals surface area (Å²) in [6, 6.07) is 29.8. The zero-order valence-electron chi connectivity index (χ0n) is 15.5. The van der Waals surface area contributed by atoms with E-state index in [4.69, 9.17) is 0 Å². The Kier molecular flexibility index (Phi) is 4.76. The van der Waals surface area contributed by atoms with Crippen LogP contribution in [-0.2, 0) is 0 Å². The van der Waals surface area contributed by atoms with Gasteiger partial charge in [0.05, 0.1) is 0 Å². The minimum atomic E-state index is 0.333. The second-order valence-electron chi connectivity index (χ2n) is 6.87. The van der Waals surface area contributed by atoms with E-state index >= 15 is 0 Å². The molecule has 0 saturated carbocycles.